The van der Waals surface area contributed by atoms with Crippen LogP contribution in [0.3, 0.4) is 0 Å². The molecular formula is C21H32O2. The van der Waals surface area contributed by atoms with Gasteiger partial charge in [-0.25, -0.2) is 0 Å². The van der Waals surface area contributed by atoms with E-state index in [2.05, 4.69) is 38.1 Å². The molecule has 0 spiro atoms. The Morgan fingerprint density at radius 2 is 1.30 bits per heavy atom. The predicted molar refractivity (Wildman–Crippen MR) is 94.5 cm³/mol. The molecule has 0 aromatic heterocycles. The number of aryl methyl sites for hydroxylation is 1. The summed E-state index contributed by atoms with van der Waals surface area (Å²) in [5.74, 6) is 1.29. The molecule has 2 saturated carbocycles. The fourth-order valence-corrected chi connectivity index (χ4v) is 5.14. The van der Waals surface area contributed by atoms with Gasteiger partial charge in [0.15, 0.2) is 0 Å². The average Bonchev–Trinajstić information content (AvgIpc) is 2.55. The lowest BCUT2D eigenvalue weighted by molar-refractivity contribution is 0.0336. The topological polar surface area (TPSA) is 40.5 Å². The summed E-state index contributed by atoms with van der Waals surface area (Å²) in [6, 6.07) is 9.05. The molecule has 2 aliphatic carbocycles. The molecule has 1 aromatic rings. The van der Waals surface area contributed by atoms with Crippen LogP contribution in [0.1, 0.15) is 69.4 Å². The minimum atomic E-state index is -0.0961. The number of rotatable bonds is 3. The van der Waals surface area contributed by atoms with Crippen molar-refractivity contribution in [3.8, 4) is 0 Å². The van der Waals surface area contributed by atoms with Gasteiger partial charge < -0.3 is 10.2 Å². The van der Waals surface area contributed by atoms with Crippen molar-refractivity contribution < 1.29 is 10.2 Å². The lowest BCUT2D eigenvalue weighted by Crippen LogP contribution is -2.44. The molecule has 2 heteroatoms. The minimum Gasteiger partial charge on any atom is -0.393 e. The van der Waals surface area contributed by atoms with Crippen molar-refractivity contribution in [3.05, 3.63) is 35.4 Å². The second-order valence-corrected chi connectivity index (χ2v) is 8.16. The van der Waals surface area contributed by atoms with Gasteiger partial charge in [0.2, 0.25) is 0 Å². The normalized spacial score (nSPS) is 34.8. The van der Waals surface area contributed by atoms with Crippen LogP contribution in [0.25, 0.3) is 0 Å². The van der Waals surface area contributed by atoms with Gasteiger partial charge in [0.1, 0.15) is 0 Å². The summed E-state index contributed by atoms with van der Waals surface area (Å²) in [5.41, 5.74) is 2.98. The number of hydrogen-bond donors (Lipinski definition) is 2. The van der Waals surface area contributed by atoms with E-state index >= 15 is 0 Å². The Bertz CT molecular complexity index is 486. The SMILES string of the molecule is Cc1cccc(C(C)(C2CCC(O)CC2)C2CCC(O)CC2)c1. The van der Waals surface area contributed by atoms with E-state index in [0.717, 1.165) is 51.4 Å². The largest absolute Gasteiger partial charge is 0.393 e. The molecule has 0 atom stereocenters. The Balaban J connectivity index is 1.92. The van der Waals surface area contributed by atoms with Gasteiger partial charge in [-0.2, -0.15) is 0 Å². The third kappa shape index (κ3) is 3.49. The molecule has 0 heterocycles. The minimum absolute atomic E-state index is 0.0961. The molecule has 3 rings (SSSR count). The van der Waals surface area contributed by atoms with Crippen LogP contribution in [0.15, 0.2) is 24.3 Å². The highest BCUT2D eigenvalue weighted by Gasteiger charge is 2.44. The molecule has 2 nitrogen and oxygen atoms in total. The van der Waals surface area contributed by atoms with E-state index in [1.165, 1.54) is 11.1 Å². The van der Waals surface area contributed by atoms with Crippen LogP contribution in [0.5, 0.6) is 0 Å². The number of hydrogen-bond acceptors (Lipinski definition) is 2. The number of aliphatic hydroxyl groups excluding tert-OH is 2. The van der Waals surface area contributed by atoms with Crippen LogP contribution < -0.4 is 0 Å². The first kappa shape index (κ1) is 17.0. The van der Waals surface area contributed by atoms with Crippen LogP contribution in [0, 0.1) is 18.8 Å². The van der Waals surface area contributed by atoms with Gasteiger partial charge in [-0.05, 0) is 81.1 Å². The lowest BCUT2D eigenvalue weighted by atomic mass is 9.56. The molecule has 128 valence electrons. The van der Waals surface area contributed by atoms with E-state index in [4.69, 9.17) is 0 Å². The van der Waals surface area contributed by atoms with Crippen LogP contribution in [-0.4, -0.2) is 22.4 Å². The molecule has 23 heavy (non-hydrogen) atoms. The summed E-state index contributed by atoms with van der Waals surface area (Å²) in [5, 5.41) is 19.8. The first-order valence-corrected chi connectivity index (χ1v) is 9.43. The van der Waals surface area contributed by atoms with E-state index in [1.807, 2.05) is 0 Å². The maximum atomic E-state index is 9.92. The smallest absolute Gasteiger partial charge is 0.0540 e. The van der Waals surface area contributed by atoms with Crippen molar-refractivity contribution in [2.45, 2.75) is 82.8 Å². The van der Waals surface area contributed by atoms with Gasteiger partial charge in [0, 0.05) is 0 Å². The summed E-state index contributed by atoms with van der Waals surface area (Å²) in [4.78, 5) is 0. The standard InChI is InChI=1S/C21H32O2/c1-15-4-3-5-18(14-15)21(2,16-6-10-19(22)11-7-16)17-8-12-20(23)13-9-17/h3-5,14,16-17,19-20,22-23H,6-13H2,1-2H3. The summed E-state index contributed by atoms with van der Waals surface area (Å²) in [6.45, 7) is 4.64. The average molecular weight is 316 g/mol. The molecule has 2 N–H and O–H groups in total. The van der Waals surface area contributed by atoms with Crippen molar-refractivity contribution in [1.29, 1.82) is 0 Å². The van der Waals surface area contributed by atoms with Gasteiger partial charge in [-0.1, -0.05) is 36.8 Å². The molecular weight excluding hydrogens is 284 g/mol. The molecule has 0 bridgehead atoms. The van der Waals surface area contributed by atoms with Gasteiger partial charge >= 0.3 is 0 Å². The van der Waals surface area contributed by atoms with E-state index in [9.17, 15) is 10.2 Å². The molecule has 1 aromatic carbocycles. The van der Waals surface area contributed by atoms with Crippen LogP contribution in [0.2, 0.25) is 0 Å². The second-order valence-electron chi connectivity index (χ2n) is 8.16. The fourth-order valence-electron chi connectivity index (χ4n) is 5.14. The molecule has 0 aliphatic heterocycles. The zero-order valence-corrected chi connectivity index (χ0v) is 14.7. The van der Waals surface area contributed by atoms with Gasteiger partial charge in [0.25, 0.3) is 0 Å². The van der Waals surface area contributed by atoms with Crippen molar-refractivity contribution in [1.82, 2.24) is 0 Å². The van der Waals surface area contributed by atoms with Gasteiger partial charge in [0.05, 0.1) is 12.2 Å². The molecule has 2 aliphatic rings. The highest BCUT2D eigenvalue weighted by Crippen LogP contribution is 2.50. The Labute approximate surface area is 140 Å². The van der Waals surface area contributed by atoms with Gasteiger partial charge in [-0.3, -0.25) is 0 Å². The predicted octanol–water partition coefficient (Wildman–Crippen LogP) is 4.35. The van der Waals surface area contributed by atoms with Crippen molar-refractivity contribution in [2.24, 2.45) is 11.8 Å². The van der Waals surface area contributed by atoms with Crippen LogP contribution in [-0.2, 0) is 5.41 Å². The van der Waals surface area contributed by atoms with Crippen molar-refractivity contribution in [3.63, 3.8) is 0 Å². The molecule has 0 unspecified atom stereocenters. The molecule has 0 saturated heterocycles. The van der Waals surface area contributed by atoms with E-state index in [-0.39, 0.29) is 17.6 Å². The highest BCUT2D eigenvalue weighted by atomic mass is 16.3. The van der Waals surface area contributed by atoms with Crippen LogP contribution in [0.4, 0.5) is 0 Å². The molecule has 0 radical (unpaired) electrons. The summed E-state index contributed by atoms with van der Waals surface area (Å²) < 4.78 is 0. The van der Waals surface area contributed by atoms with Gasteiger partial charge in [-0.15, -0.1) is 0 Å². The van der Waals surface area contributed by atoms with E-state index in [0.29, 0.717) is 11.8 Å². The zero-order valence-electron chi connectivity index (χ0n) is 14.7. The highest BCUT2D eigenvalue weighted by molar-refractivity contribution is 5.31. The Hall–Kier alpha value is -0.860. The van der Waals surface area contributed by atoms with E-state index in [1.54, 1.807) is 0 Å². The number of benzene rings is 1. The second kappa shape index (κ2) is 6.94. The maximum Gasteiger partial charge on any atom is 0.0540 e. The lowest BCUT2D eigenvalue weighted by Gasteiger charge is -2.48. The van der Waals surface area contributed by atoms with Crippen molar-refractivity contribution >= 4 is 0 Å². The fraction of sp³-hybridized carbons (Fsp3) is 0.714. The molecule has 2 fully saturated rings. The Morgan fingerprint density at radius 1 is 0.826 bits per heavy atom. The summed E-state index contributed by atoms with van der Waals surface area (Å²) in [7, 11) is 0. The third-order valence-corrected chi connectivity index (χ3v) is 6.73. The molecule has 0 amide bonds. The third-order valence-electron chi connectivity index (χ3n) is 6.73. The van der Waals surface area contributed by atoms with Crippen LogP contribution >= 0.6 is 0 Å². The Morgan fingerprint density at radius 3 is 1.74 bits per heavy atom. The monoisotopic (exact) mass is 316 g/mol. The number of aliphatic hydroxyl groups is 2. The summed E-state index contributed by atoms with van der Waals surface area (Å²) >= 11 is 0. The zero-order chi connectivity index (χ0) is 16.4. The Kier molecular flexibility index (Phi) is 5.13. The van der Waals surface area contributed by atoms with Crippen molar-refractivity contribution in [2.75, 3.05) is 0 Å². The van der Waals surface area contributed by atoms with E-state index < -0.39 is 0 Å². The first-order valence-electron chi connectivity index (χ1n) is 9.43. The maximum absolute atomic E-state index is 9.92. The summed E-state index contributed by atoms with van der Waals surface area (Å²) in [6.07, 6.45) is 8.11. The quantitative estimate of drug-likeness (QED) is 0.870. The first-order chi connectivity index (χ1) is 11.0.